The predicted octanol–water partition coefficient (Wildman–Crippen LogP) is 7.04. The third-order valence-corrected chi connectivity index (χ3v) is 4.74. The molecule has 0 heterocycles. The first-order chi connectivity index (χ1) is 13.7. The number of rotatable bonds is 2. The van der Waals surface area contributed by atoms with E-state index in [9.17, 15) is 0 Å². The molecular formula is C24H26O2S2Zr. The smallest absolute Gasteiger partial charge is 0.508 e. The van der Waals surface area contributed by atoms with E-state index in [1.165, 1.54) is 9.79 Å². The zero-order valence-electron chi connectivity index (χ0n) is 16.6. The molecule has 29 heavy (non-hydrogen) atoms. The molecule has 0 spiro atoms. The number of hydrogen-bond donors (Lipinski definition) is 2. The van der Waals surface area contributed by atoms with Gasteiger partial charge in [0.1, 0.15) is 11.5 Å². The Hall–Kier alpha value is -1.68. The monoisotopic (exact) mass is 500 g/mol. The van der Waals surface area contributed by atoms with Gasteiger partial charge in [-0.25, -0.2) is 24.3 Å². The van der Waals surface area contributed by atoms with Gasteiger partial charge in [0, 0.05) is 9.79 Å². The van der Waals surface area contributed by atoms with Crippen molar-refractivity contribution < 1.29 is 36.4 Å². The summed E-state index contributed by atoms with van der Waals surface area (Å²) in [6.07, 6.45) is 4.01. The molecule has 5 heteroatoms. The quantitative estimate of drug-likeness (QED) is 0.228. The second-order valence-electron chi connectivity index (χ2n) is 5.32. The van der Waals surface area contributed by atoms with Gasteiger partial charge < -0.3 is 10.2 Å². The molecule has 4 aromatic carbocycles. The molecule has 0 aliphatic carbocycles. The minimum absolute atomic E-state index is 0. The molecule has 0 aromatic heterocycles. The second-order valence-corrected chi connectivity index (χ2v) is 7.08. The van der Waals surface area contributed by atoms with E-state index in [1.807, 2.05) is 97.4 Å². The van der Waals surface area contributed by atoms with Crippen molar-refractivity contribution in [3.8, 4) is 11.5 Å². The van der Waals surface area contributed by atoms with Gasteiger partial charge in [0.15, 0.2) is 0 Å². The maximum absolute atomic E-state index is 8.84. The molecule has 0 aliphatic heterocycles. The van der Waals surface area contributed by atoms with E-state index in [-0.39, 0.29) is 26.2 Å². The average Bonchev–Trinajstić information content (AvgIpc) is 3.48. The van der Waals surface area contributed by atoms with Crippen molar-refractivity contribution in [3.05, 3.63) is 109 Å². The largest absolute Gasteiger partial charge is 2.00 e. The second kappa shape index (κ2) is 18.4. The van der Waals surface area contributed by atoms with Crippen molar-refractivity contribution in [1.29, 1.82) is 0 Å². The van der Waals surface area contributed by atoms with E-state index < -0.39 is 0 Å². The number of thioether (sulfide) groups is 2. The van der Waals surface area contributed by atoms with E-state index in [2.05, 4.69) is 0 Å². The number of benzene rings is 2. The molecule has 0 amide bonds. The van der Waals surface area contributed by atoms with Crippen LogP contribution in [0.15, 0.2) is 119 Å². The van der Waals surface area contributed by atoms with E-state index in [4.69, 9.17) is 10.2 Å². The van der Waals surface area contributed by atoms with Crippen LogP contribution in [0.1, 0.15) is 0 Å². The Labute approximate surface area is 201 Å². The summed E-state index contributed by atoms with van der Waals surface area (Å²) in [6, 6.07) is 34.3. The molecule has 150 valence electrons. The van der Waals surface area contributed by atoms with Crippen LogP contribution in [-0.4, -0.2) is 22.7 Å². The van der Waals surface area contributed by atoms with Gasteiger partial charge in [0.2, 0.25) is 0 Å². The Morgan fingerprint density at radius 2 is 0.828 bits per heavy atom. The molecule has 0 radical (unpaired) electrons. The van der Waals surface area contributed by atoms with Crippen LogP contribution < -0.4 is 0 Å². The fourth-order valence-corrected chi connectivity index (χ4v) is 2.62. The van der Waals surface area contributed by atoms with Crippen LogP contribution >= 0.6 is 23.5 Å². The fraction of sp³-hybridized carbons (Fsp3) is 0.0833. The Morgan fingerprint density at radius 3 is 1.00 bits per heavy atom. The summed E-state index contributed by atoms with van der Waals surface area (Å²) < 4.78 is 0. The summed E-state index contributed by atoms with van der Waals surface area (Å²) in [7, 11) is 0. The molecule has 0 fully saturated rings. The number of phenols is 2. The maximum atomic E-state index is 8.84. The van der Waals surface area contributed by atoms with Crippen LogP contribution in [-0.2, 0) is 26.2 Å². The van der Waals surface area contributed by atoms with Crippen molar-refractivity contribution in [3.63, 3.8) is 0 Å². The molecule has 0 aliphatic rings. The molecule has 0 unspecified atom stereocenters. The average molecular weight is 502 g/mol. The number of phenolic OH excluding ortho intramolecular Hbond substituents is 2. The van der Waals surface area contributed by atoms with E-state index >= 15 is 0 Å². The molecule has 0 saturated heterocycles. The van der Waals surface area contributed by atoms with Gasteiger partial charge in [-0.05, 0) is 61.0 Å². The van der Waals surface area contributed by atoms with E-state index in [1.54, 1.807) is 47.8 Å². The van der Waals surface area contributed by atoms with E-state index in [0.29, 0.717) is 11.5 Å². The Morgan fingerprint density at radius 1 is 0.552 bits per heavy atom. The van der Waals surface area contributed by atoms with Gasteiger partial charge in [0.25, 0.3) is 0 Å². The zero-order valence-corrected chi connectivity index (χ0v) is 20.7. The van der Waals surface area contributed by atoms with Crippen LogP contribution in [0.5, 0.6) is 11.5 Å². The first-order valence-corrected chi connectivity index (χ1v) is 11.1. The zero-order chi connectivity index (χ0) is 20.5. The van der Waals surface area contributed by atoms with Gasteiger partial charge in [-0.2, -0.15) is 36.4 Å². The minimum atomic E-state index is 0. The fourth-order valence-electron chi connectivity index (χ4n) is 1.81. The first kappa shape index (κ1) is 27.3. The van der Waals surface area contributed by atoms with Gasteiger partial charge in [0.05, 0.1) is 0 Å². The van der Waals surface area contributed by atoms with Crippen molar-refractivity contribution in [1.82, 2.24) is 0 Å². The summed E-state index contributed by atoms with van der Waals surface area (Å²) in [5.74, 6) is 0.653. The first-order valence-electron chi connectivity index (χ1n) is 8.65. The summed E-state index contributed by atoms with van der Waals surface area (Å²) in [4.78, 5) is 2.35. The third kappa shape index (κ3) is 14.9. The predicted molar refractivity (Wildman–Crippen MR) is 124 cm³/mol. The van der Waals surface area contributed by atoms with Crippen molar-refractivity contribution in [2.45, 2.75) is 9.79 Å². The third-order valence-electron chi connectivity index (χ3n) is 3.26. The summed E-state index contributed by atoms with van der Waals surface area (Å²) in [6.45, 7) is 0. The molecule has 0 atom stereocenters. The Kier molecular flexibility index (Phi) is 17.3. The van der Waals surface area contributed by atoms with Crippen LogP contribution in [0.4, 0.5) is 0 Å². The summed E-state index contributed by atoms with van der Waals surface area (Å²) >= 11 is 3.33. The summed E-state index contributed by atoms with van der Waals surface area (Å²) in [5.41, 5.74) is 0. The van der Waals surface area contributed by atoms with Crippen molar-refractivity contribution in [2.75, 3.05) is 12.5 Å². The van der Waals surface area contributed by atoms with Crippen LogP contribution in [0.3, 0.4) is 0 Å². The topological polar surface area (TPSA) is 40.5 Å². The normalized spacial score (nSPS) is 8.62. The van der Waals surface area contributed by atoms with Crippen LogP contribution in [0.2, 0.25) is 0 Å². The molecule has 4 rings (SSSR count). The molecular weight excluding hydrogens is 476 g/mol. The SMILES string of the molecule is CSc1ccc(O)cc1.CSc1ccc(O)cc1.[Zr+2].c1cc[cH-]c1.c1cc[cH-]c1. The molecule has 2 nitrogen and oxygen atoms in total. The number of aromatic hydroxyl groups is 2. The van der Waals surface area contributed by atoms with Gasteiger partial charge in [-0.15, -0.1) is 23.5 Å². The Bertz CT molecular complexity index is 691. The Balaban J connectivity index is 0.000000369. The standard InChI is InChI=1S/2C7H8OS.2C5H5.Zr/c2*1-9-7-4-2-6(8)3-5-7;2*1-2-4-5-3-1;/h2*2-5,8H,1H3;2*1-5H;/q;;2*-1;+2. The molecule has 4 aromatic rings. The van der Waals surface area contributed by atoms with Crippen LogP contribution in [0, 0.1) is 0 Å². The van der Waals surface area contributed by atoms with Crippen molar-refractivity contribution in [2.24, 2.45) is 0 Å². The molecule has 2 N–H and O–H groups in total. The maximum Gasteiger partial charge on any atom is 2.00 e. The summed E-state index contributed by atoms with van der Waals surface area (Å²) in [5, 5.41) is 17.7. The van der Waals surface area contributed by atoms with Gasteiger partial charge >= 0.3 is 26.2 Å². The van der Waals surface area contributed by atoms with Gasteiger partial charge in [-0.1, -0.05) is 0 Å². The minimum Gasteiger partial charge on any atom is -0.508 e. The molecule has 0 bridgehead atoms. The van der Waals surface area contributed by atoms with Crippen molar-refractivity contribution >= 4 is 23.5 Å². The van der Waals surface area contributed by atoms with Gasteiger partial charge in [-0.3, -0.25) is 0 Å². The van der Waals surface area contributed by atoms with E-state index in [0.717, 1.165) is 0 Å². The van der Waals surface area contributed by atoms with Crippen LogP contribution in [0.25, 0.3) is 0 Å². The molecule has 0 saturated carbocycles. The number of hydrogen-bond acceptors (Lipinski definition) is 4.